The Kier molecular flexibility index (Phi) is 1.33. The summed E-state index contributed by atoms with van der Waals surface area (Å²) in [7, 11) is 0. The van der Waals surface area contributed by atoms with Gasteiger partial charge in [0.2, 0.25) is 5.78 Å². The molecule has 2 rings (SSSR count). The predicted molar refractivity (Wildman–Crippen MR) is 38.9 cm³/mol. The Morgan fingerprint density at radius 2 is 2.36 bits per heavy atom. The zero-order valence-electron chi connectivity index (χ0n) is 5.81. The van der Waals surface area contributed by atoms with Crippen LogP contribution in [0, 0.1) is 0 Å². The number of rotatable bonds is 1. The van der Waals surface area contributed by atoms with Crippen LogP contribution in [0.2, 0.25) is 0 Å². The molecule has 0 aliphatic heterocycles. The minimum atomic E-state index is -0.0383. The Bertz CT molecular complexity index is 368. The monoisotopic (exact) mass is 149 g/mol. The summed E-state index contributed by atoms with van der Waals surface area (Å²) in [6.07, 6.45) is 5.30. The molecule has 4 heteroatoms. The van der Waals surface area contributed by atoms with Gasteiger partial charge in [-0.05, 0) is 6.07 Å². The van der Waals surface area contributed by atoms with E-state index < -0.39 is 0 Å². The highest BCUT2D eigenvalue weighted by Crippen LogP contribution is 1.98. The second-order valence-corrected chi connectivity index (χ2v) is 2.21. The van der Waals surface area contributed by atoms with Gasteiger partial charge in [0.1, 0.15) is 0 Å². The lowest BCUT2D eigenvalue weighted by Gasteiger charge is -1.94. The van der Waals surface area contributed by atoms with E-state index in [1.165, 1.54) is 0 Å². The van der Waals surface area contributed by atoms with Crippen LogP contribution in [0.3, 0.4) is 0 Å². The third-order valence-corrected chi connectivity index (χ3v) is 1.48. The Morgan fingerprint density at radius 3 is 3.18 bits per heavy atom. The molecular formula is C7H7N3O. The smallest absolute Gasteiger partial charge is 0.233 e. The average molecular weight is 149 g/mol. The van der Waals surface area contributed by atoms with E-state index in [0.717, 1.165) is 0 Å². The normalized spacial score (nSPS) is 10.6. The van der Waals surface area contributed by atoms with E-state index in [9.17, 15) is 0 Å². The number of fused-ring (bicyclic) bond motifs is 1. The minimum Gasteiger partial charge on any atom is -0.390 e. The first-order valence-corrected chi connectivity index (χ1v) is 3.29. The van der Waals surface area contributed by atoms with Crippen molar-refractivity contribution in [2.45, 2.75) is 6.61 Å². The van der Waals surface area contributed by atoms with Crippen LogP contribution in [-0.2, 0) is 6.61 Å². The summed E-state index contributed by atoms with van der Waals surface area (Å²) in [6.45, 7) is -0.0383. The third kappa shape index (κ3) is 0.969. The zero-order valence-corrected chi connectivity index (χ0v) is 5.81. The molecule has 0 spiro atoms. The highest BCUT2D eigenvalue weighted by Gasteiger charge is 1.95. The third-order valence-electron chi connectivity index (χ3n) is 1.48. The summed E-state index contributed by atoms with van der Waals surface area (Å²) in [5.41, 5.74) is 0.642. The van der Waals surface area contributed by atoms with Crippen LogP contribution in [-0.4, -0.2) is 19.5 Å². The molecule has 0 bridgehead atoms. The molecule has 0 aliphatic rings. The van der Waals surface area contributed by atoms with Crippen LogP contribution in [0.5, 0.6) is 0 Å². The van der Waals surface area contributed by atoms with Crippen molar-refractivity contribution in [2.24, 2.45) is 0 Å². The van der Waals surface area contributed by atoms with Gasteiger partial charge in [-0.25, -0.2) is 9.97 Å². The van der Waals surface area contributed by atoms with Crippen molar-refractivity contribution in [3.63, 3.8) is 0 Å². The minimum absolute atomic E-state index is 0.0383. The molecule has 4 nitrogen and oxygen atoms in total. The lowest BCUT2D eigenvalue weighted by Crippen LogP contribution is -1.93. The number of hydrogen-bond acceptors (Lipinski definition) is 3. The first-order valence-electron chi connectivity index (χ1n) is 3.29. The molecule has 2 aromatic heterocycles. The van der Waals surface area contributed by atoms with Crippen molar-refractivity contribution < 1.29 is 5.11 Å². The maximum absolute atomic E-state index is 8.74. The number of hydrogen-bond donors (Lipinski definition) is 1. The molecule has 2 heterocycles. The maximum atomic E-state index is 8.74. The Labute approximate surface area is 63.1 Å². The summed E-state index contributed by atoms with van der Waals surface area (Å²) in [4.78, 5) is 8.02. The molecule has 56 valence electrons. The van der Waals surface area contributed by atoms with Crippen molar-refractivity contribution in [1.29, 1.82) is 0 Å². The molecule has 0 amide bonds. The van der Waals surface area contributed by atoms with Gasteiger partial charge < -0.3 is 5.11 Å². The number of aromatic nitrogens is 3. The molecular weight excluding hydrogens is 142 g/mol. The SMILES string of the molecule is OCc1ccn2ccnc2n1. The van der Waals surface area contributed by atoms with E-state index in [1.54, 1.807) is 16.7 Å². The van der Waals surface area contributed by atoms with Crippen molar-refractivity contribution in [3.8, 4) is 0 Å². The summed E-state index contributed by atoms with van der Waals surface area (Å²) in [5, 5.41) is 8.74. The fourth-order valence-corrected chi connectivity index (χ4v) is 0.928. The van der Waals surface area contributed by atoms with Gasteiger partial charge in [-0.1, -0.05) is 0 Å². The average Bonchev–Trinajstić information content (AvgIpc) is 2.50. The molecule has 0 unspecified atom stereocenters. The number of imidazole rings is 1. The Hall–Kier alpha value is -1.42. The topological polar surface area (TPSA) is 50.4 Å². The second-order valence-electron chi connectivity index (χ2n) is 2.21. The van der Waals surface area contributed by atoms with Crippen LogP contribution in [0.1, 0.15) is 5.69 Å². The molecule has 11 heavy (non-hydrogen) atoms. The number of nitrogens with zero attached hydrogens (tertiary/aromatic N) is 3. The quantitative estimate of drug-likeness (QED) is 0.631. The zero-order chi connectivity index (χ0) is 7.68. The number of aliphatic hydroxyl groups excluding tert-OH is 1. The molecule has 0 aromatic carbocycles. The van der Waals surface area contributed by atoms with Crippen molar-refractivity contribution in [3.05, 3.63) is 30.4 Å². The van der Waals surface area contributed by atoms with E-state index in [-0.39, 0.29) is 6.61 Å². The molecule has 0 aliphatic carbocycles. The van der Waals surface area contributed by atoms with E-state index in [2.05, 4.69) is 9.97 Å². The maximum Gasteiger partial charge on any atom is 0.233 e. The van der Waals surface area contributed by atoms with Gasteiger partial charge in [0, 0.05) is 18.6 Å². The molecule has 1 N–H and O–H groups in total. The largest absolute Gasteiger partial charge is 0.390 e. The summed E-state index contributed by atoms with van der Waals surface area (Å²) < 4.78 is 1.79. The van der Waals surface area contributed by atoms with Crippen LogP contribution in [0.25, 0.3) is 5.78 Å². The Morgan fingerprint density at radius 1 is 1.45 bits per heavy atom. The fraction of sp³-hybridized carbons (Fsp3) is 0.143. The van der Waals surface area contributed by atoms with Gasteiger partial charge in [0.05, 0.1) is 12.3 Å². The van der Waals surface area contributed by atoms with Crippen molar-refractivity contribution in [1.82, 2.24) is 14.4 Å². The summed E-state index contributed by atoms with van der Waals surface area (Å²) in [5.74, 6) is 0.622. The predicted octanol–water partition coefficient (Wildman–Crippen LogP) is 0.222. The molecule has 2 aromatic rings. The van der Waals surface area contributed by atoms with Crippen molar-refractivity contribution >= 4 is 5.78 Å². The van der Waals surface area contributed by atoms with Gasteiger partial charge in [-0.15, -0.1) is 0 Å². The van der Waals surface area contributed by atoms with E-state index >= 15 is 0 Å². The van der Waals surface area contributed by atoms with Crippen LogP contribution < -0.4 is 0 Å². The van der Waals surface area contributed by atoms with E-state index in [4.69, 9.17) is 5.11 Å². The van der Waals surface area contributed by atoms with E-state index in [0.29, 0.717) is 11.5 Å². The summed E-state index contributed by atoms with van der Waals surface area (Å²) >= 11 is 0. The number of aliphatic hydroxyl groups is 1. The van der Waals surface area contributed by atoms with Crippen LogP contribution in [0.15, 0.2) is 24.7 Å². The molecule has 0 radical (unpaired) electrons. The lowest BCUT2D eigenvalue weighted by atomic mass is 10.4. The summed E-state index contributed by atoms with van der Waals surface area (Å²) in [6, 6.07) is 1.76. The Balaban J connectivity index is 2.67. The molecule has 0 atom stereocenters. The van der Waals surface area contributed by atoms with Crippen molar-refractivity contribution in [2.75, 3.05) is 0 Å². The fourth-order valence-electron chi connectivity index (χ4n) is 0.928. The van der Waals surface area contributed by atoms with Gasteiger partial charge >= 0.3 is 0 Å². The van der Waals surface area contributed by atoms with Crippen LogP contribution >= 0.6 is 0 Å². The van der Waals surface area contributed by atoms with Gasteiger partial charge in [-0.2, -0.15) is 0 Å². The van der Waals surface area contributed by atoms with E-state index in [1.807, 2.05) is 12.4 Å². The molecule has 0 saturated carbocycles. The lowest BCUT2D eigenvalue weighted by molar-refractivity contribution is 0.277. The standard InChI is InChI=1S/C7H7N3O/c11-5-6-1-3-10-4-2-8-7(10)9-6/h1-4,11H,5H2. The highest BCUT2D eigenvalue weighted by molar-refractivity contribution is 5.28. The first-order chi connectivity index (χ1) is 5.40. The molecule has 0 fully saturated rings. The first kappa shape index (κ1) is 6.30. The van der Waals surface area contributed by atoms with Gasteiger partial charge in [-0.3, -0.25) is 4.40 Å². The van der Waals surface area contributed by atoms with Crippen LogP contribution in [0.4, 0.5) is 0 Å². The molecule has 0 saturated heterocycles. The highest BCUT2D eigenvalue weighted by atomic mass is 16.3. The second kappa shape index (κ2) is 2.32. The van der Waals surface area contributed by atoms with Gasteiger partial charge in [0.15, 0.2) is 0 Å². The van der Waals surface area contributed by atoms with Gasteiger partial charge in [0.25, 0.3) is 0 Å².